The third kappa shape index (κ3) is 7.12. The van der Waals surface area contributed by atoms with Crippen molar-refractivity contribution in [2.45, 2.75) is 79.6 Å². The summed E-state index contributed by atoms with van der Waals surface area (Å²) in [6, 6.07) is 49.0. The lowest BCUT2D eigenvalue weighted by atomic mass is 9.72. The maximum atomic E-state index is 15.1. The number of fused-ring (bicyclic) bond motifs is 3. The fraction of sp³-hybridized carbons (Fsp3) is 0.265. The van der Waals surface area contributed by atoms with Gasteiger partial charge in [0, 0.05) is 16.5 Å². The Hall–Kier alpha value is -4.52. The van der Waals surface area contributed by atoms with Gasteiger partial charge < -0.3 is 4.57 Å². The second-order valence-electron chi connectivity index (χ2n) is 18.2. The quantitative estimate of drug-likeness (QED) is 0.137. The second-order valence-corrected chi connectivity index (χ2v) is 27.0. The summed E-state index contributed by atoms with van der Waals surface area (Å²) in [5.41, 5.74) is 7.72. The molecule has 0 aliphatic heterocycles. The fourth-order valence-electron chi connectivity index (χ4n) is 8.75. The molecule has 7 aromatic rings. The van der Waals surface area contributed by atoms with Gasteiger partial charge in [-0.3, -0.25) is 0 Å². The molecule has 0 aliphatic carbocycles. The molecule has 0 fully saturated rings. The van der Waals surface area contributed by atoms with Crippen molar-refractivity contribution in [2.75, 3.05) is 0 Å². The van der Waals surface area contributed by atoms with Crippen LogP contribution in [0, 0.1) is 18.2 Å². The number of halogens is 1. The molecule has 0 saturated carbocycles. The molecule has 0 amide bonds. The number of benzene rings is 6. The first-order valence-corrected chi connectivity index (χ1v) is 25.1. The second kappa shape index (κ2) is 13.4. The number of aryl methyl sites for hydroxylation is 1. The zero-order chi connectivity index (χ0) is 37.9. The average molecular weight is 732 g/mol. The van der Waals surface area contributed by atoms with E-state index in [2.05, 4.69) is 187 Å². The standard InChI is InChI=1S/C49H54FNSi2/c1-34-25-35(28-38(50)26-34)36-27-37(49(5,6)33-48(2,3)4)30-39(29-36)51-46-31-42(52(7,8)40-17-13-11-14-18-40)21-23-44(46)45-24-22-43(32-47(45)51)53(9,10)41-19-15-12-16-20-41/h11-32H,33H2,1-10H3. The van der Waals surface area contributed by atoms with Crippen molar-refractivity contribution in [2.24, 2.45) is 5.41 Å². The van der Waals surface area contributed by atoms with Crippen LogP contribution in [0.1, 0.15) is 52.2 Å². The summed E-state index contributed by atoms with van der Waals surface area (Å²) in [6.07, 6.45) is 1.01. The topological polar surface area (TPSA) is 4.93 Å². The van der Waals surface area contributed by atoms with Crippen molar-refractivity contribution >= 4 is 58.7 Å². The normalized spacial score (nSPS) is 12.9. The van der Waals surface area contributed by atoms with Gasteiger partial charge in [0.15, 0.2) is 0 Å². The van der Waals surface area contributed by atoms with Gasteiger partial charge in [-0.05, 0) is 82.8 Å². The van der Waals surface area contributed by atoms with E-state index in [0.717, 1.165) is 28.8 Å². The summed E-state index contributed by atoms with van der Waals surface area (Å²) in [5.74, 6) is -0.201. The first-order chi connectivity index (χ1) is 24.9. The van der Waals surface area contributed by atoms with Crippen molar-refractivity contribution in [3.8, 4) is 16.8 Å². The predicted molar refractivity (Wildman–Crippen MR) is 234 cm³/mol. The zero-order valence-corrected chi connectivity index (χ0v) is 35.2. The minimum absolute atomic E-state index is 0.120. The van der Waals surface area contributed by atoms with Gasteiger partial charge >= 0.3 is 0 Å². The lowest BCUT2D eigenvalue weighted by Gasteiger charge is -2.34. The molecule has 1 nitrogen and oxygen atoms in total. The highest BCUT2D eigenvalue weighted by atomic mass is 28.3. The summed E-state index contributed by atoms with van der Waals surface area (Å²) in [4.78, 5) is 0. The Morgan fingerprint density at radius 3 is 1.49 bits per heavy atom. The molecule has 1 aromatic heterocycles. The Morgan fingerprint density at radius 1 is 0.528 bits per heavy atom. The van der Waals surface area contributed by atoms with E-state index in [1.165, 1.54) is 48.1 Å². The molecule has 0 N–H and O–H groups in total. The highest BCUT2D eigenvalue weighted by Crippen LogP contribution is 2.41. The molecular formula is C49H54FNSi2. The van der Waals surface area contributed by atoms with Crippen LogP contribution in [0.3, 0.4) is 0 Å². The largest absolute Gasteiger partial charge is 0.309 e. The van der Waals surface area contributed by atoms with Crippen LogP contribution >= 0.6 is 0 Å². The lowest BCUT2D eigenvalue weighted by molar-refractivity contribution is 0.284. The summed E-state index contributed by atoms with van der Waals surface area (Å²) >= 11 is 0. The molecule has 7 rings (SSSR count). The van der Waals surface area contributed by atoms with Gasteiger partial charge in [0.05, 0.1) is 11.0 Å². The van der Waals surface area contributed by atoms with Crippen molar-refractivity contribution < 1.29 is 4.39 Å². The van der Waals surface area contributed by atoms with E-state index >= 15 is 4.39 Å². The molecule has 0 aliphatic rings. The van der Waals surface area contributed by atoms with Crippen molar-refractivity contribution in [1.29, 1.82) is 0 Å². The zero-order valence-electron chi connectivity index (χ0n) is 33.2. The van der Waals surface area contributed by atoms with Gasteiger partial charge in [-0.2, -0.15) is 0 Å². The van der Waals surface area contributed by atoms with Gasteiger partial charge in [-0.15, -0.1) is 0 Å². The van der Waals surface area contributed by atoms with E-state index in [4.69, 9.17) is 0 Å². The van der Waals surface area contributed by atoms with Crippen molar-refractivity contribution in [1.82, 2.24) is 4.57 Å². The lowest BCUT2D eigenvalue weighted by Crippen LogP contribution is -2.52. The number of rotatable bonds is 8. The van der Waals surface area contributed by atoms with Crippen LogP contribution in [0.25, 0.3) is 38.6 Å². The number of nitrogens with zero attached hydrogens (tertiary/aromatic N) is 1. The molecule has 0 radical (unpaired) electrons. The smallest absolute Gasteiger partial charge is 0.124 e. The third-order valence-corrected chi connectivity index (χ3v) is 18.6. The molecule has 1 heterocycles. The van der Waals surface area contributed by atoms with Crippen molar-refractivity contribution in [3.05, 3.63) is 150 Å². The molecule has 0 saturated heterocycles. The van der Waals surface area contributed by atoms with E-state index in [1.54, 1.807) is 12.1 Å². The Morgan fingerprint density at radius 2 is 1.02 bits per heavy atom. The van der Waals surface area contributed by atoms with Gasteiger partial charge in [0.2, 0.25) is 0 Å². The van der Waals surface area contributed by atoms with Gasteiger partial charge in [0.1, 0.15) is 22.0 Å². The van der Waals surface area contributed by atoms with Gasteiger partial charge in [-0.1, -0.05) is 179 Å². The summed E-state index contributed by atoms with van der Waals surface area (Å²) < 4.78 is 17.6. The summed E-state index contributed by atoms with van der Waals surface area (Å²) in [5, 5.41) is 8.18. The molecule has 0 atom stereocenters. The molecule has 0 unspecified atom stereocenters. The number of aromatic nitrogens is 1. The van der Waals surface area contributed by atoms with Crippen LogP contribution in [0.15, 0.2) is 133 Å². The summed E-state index contributed by atoms with van der Waals surface area (Å²) in [6.45, 7) is 23.5. The van der Waals surface area contributed by atoms with Crippen LogP contribution in [-0.2, 0) is 5.41 Å². The van der Waals surface area contributed by atoms with Gasteiger partial charge in [-0.25, -0.2) is 4.39 Å². The van der Waals surface area contributed by atoms with Crippen LogP contribution in [0.2, 0.25) is 26.2 Å². The van der Waals surface area contributed by atoms with Crippen molar-refractivity contribution in [3.63, 3.8) is 0 Å². The number of hydrogen-bond donors (Lipinski definition) is 0. The SMILES string of the molecule is Cc1cc(F)cc(-c2cc(-n3c4cc([Si](C)(C)c5ccccc5)ccc4c4ccc([Si](C)(C)c5ccccc5)cc43)cc(C(C)(C)CC(C)(C)C)c2)c1. The molecule has 0 spiro atoms. The third-order valence-electron chi connectivity index (χ3n) is 11.5. The average Bonchev–Trinajstić information content (AvgIpc) is 3.44. The predicted octanol–water partition coefficient (Wildman–Crippen LogP) is 11.3. The molecule has 4 heteroatoms. The minimum atomic E-state index is -2.02. The Balaban J connectivity index is 1.57. The molecule has 6 aromatic carbocycles. The highest BCUT2D eigenvalue weighted by Gasteiger charge is 2.31. The van der Waals surface area contributed by atoms with E-state index < -0.39 is 16.1 Å². The summed E-state index contributed by atoms with van der Waals surface area (Å²) in [7, 11) is -4.04. The molecule has 270 valence electrons. The van der Waals surface area contributed by atoms with E-state index in [-0.39, 0.29) is 16.6 Å². The number of hydrogen-bond acceptors (Lipinski definition) is 0. The molecule has 53 heavy (non-hydrogen) atoms. The highest BCUT2D eigenvalue weighted by molar-refractivity contribution is 7.01. The monoisotopic (exact) mass is 731 g/mol. The minimum Gasteiger partial charge on any atom is -0.309 e. The maximum Gasteiger partial charge on any atom is 0.124 e. The molecule has 0 bridgehead atoms. The van der Waals surface area contributed by atoms with Gasteiger partial charge in [0.25, 0.3) is 0 Å². The van der Waals surface area contributed by atoms with Crippen LogP contribution < -0.4 is 20.7 Å². The van der Waals surface area contributed by atoms with E-state index in [1.807, 2.05) is 6.92 Å². The first-order valence-electron chi connectivity index (χ1n) is 19.1. The Labute approximate surface area is 318 Å². The molecular weight excluding hydrogens is 678 g/mol. The Bertz CT molecular complexity index is 2320. The van der Waals surface area contributed by atoms with Crippen LogP contribution in [0.5, 0.6) is 0 Å². The Kier molecular flexibility index (Phi) is 9.31. The van der Waals surface area contributed by atoms with E-state index in [0.29, 0.717) is 0 Å². The fourth-order valence-corrected chi connectivity index (χ4v) is 13.5. The maximum absolute atomic E-state index is 15.1. The van der Waals surface area contributed by atoms with E-state index in [9.17, 15) is 0 Å². The first kappa shape index (κ1) is 36.8. The van der Waals surface area contributed by atoms with Crippen LogP contribution in [0.4, 0.5) is 4.39 Å². The van der Waals surface area contributed by atoms with Crippen LogP contribution in [-0.4, -0.2) is 20.7 Å².